The molecule has 0 spiro atoms. The zero-order chi connectivity index (χ0) is 4.99. The summed E-state index contributed by atoms with van der Waals surface area (Å²) in [5, 5.41) is 8.65. The molecule has 1 atom stereocenters. The molecule has 0 aromatic carbocycles. The van der Waals surface area contributed by atoms with E-state index in [4.69, 9.17) is 5.11 Å². The molecule has 0 bridgehead atoms. The Morgan fingerprint density at radius 1 is 1.83 bits per heavy atom. The van der Waals surface area contributed by atoms with Crippen LogP contribution in [0.3, 0.4) is 0 Å². The van der Waals surface area contributed by atoms with E-state index in [1.54, 1.807) is 0 Å². The van der Waals surface area contributed by atoms with Crippen LogP contribution in [0, 0.1) is 0 Å². The predicted octanol–water partition coefficient (Wildman–Crippen LogP) is -0.262. The molecular formula is C4H11InO. The van der Waals surface area contributed by atoms with Gasteiger partial charge >= 0.3 is 53.1 Å². The molecule has 0 aromatic rings. The van der Waals surface area contributed by atoms with Crippen molar-refractivity contribution in [2.45, 2.75) is 23.6 Å². The molecule has 0 saturated heterocycles. The molecule has 0 aliphatic carbocycles. The molecule has 1 nitrogen and oxygen atoms in total. The molecule has 0 fully saturated rings. The summed E-state index contributed by atoms with van der Waals surface area (Å²) in [5.41, 5.74) is 0. The minimum absolute atomic E-state index is 0.108. The van der Waals surface area contributed by atoms with Crippen LogP contribution in [-0.4, -0.2) is 33.3 Å². The quantitative estimate of drug-likeness (QED) is 0.635. The van der Waals surface area contributed by atoms with E-state index < -0.39 is 0 Å². The third kappa shape index (κ3) is 4.83. The van der Waals surface area contributed by atoms with Gasteiger partial charge in [0.05, 0.1) is 0 Å². The average molecular weight is 190 g/mol. The first-order valence-corrected chi connectivity index (χ1v) is 5.75. The molecule has 0 aliphatic heterocycles. The molecule has 1 unspecified atom stereocenters. The summed E-state index contributed by atoms with van der Waals surface area (Å²) < 4.78 is 0.108. The van der Waals surface area contributed by atoms with E-state index in [9.17, 15) is 0 Å². The second-order valence-corrected chi connectivity index (χ2v) is 5.44. The zero-order valence-electron chi connectivity index (χ0n) is 4.44. The van der Waals surface area contributed by atoms with Gasteiger partial charge in [-0.1, -0.05) is 0 Å². The third-order valence-electron chi connectivity index (χ3n) is 0.706. The van der Waals surface area contributed by atoms with Gasteiger partial charge in [0.25, 0.3) is 0 Å². The van der Waals surface area contributed by atoms with Crippen molar-refractivity contribution >= 4 is 24.4 Å². The summed E-state index contributed by atoms with van der Waals surface area (Å²) in [5.74, 6) is 0. The third-order valence-corrected chi connectivity index (χ3v) is 2.35. The van der Waals surface area contributed by atoms with Crippen molar-refractivity contribution in [3.8, 4) is 0 Å². The summed E-state index contributed by atoms with van der Waals surface area (Å²) in [6.07, 6.45) is 2.16. The van der Waals surface area contributed by atoms with Crippen molar-refractivity contribution in [3.05, 3.63) is 0 Å². The van der Waals surface area contributed by atoms with Gasteiger partial charge < -0.3 is 0 Å². The summed E-state index contributed by atoms with van der Waals surface area (Å²) in [6, 6.07) is 0. The standard InChI is InChI=1S/C4H9O.In.2H/c1-2-3-4-5;;;/h4-5H,2-3H2,1H3;;;. The van der Waals surface area contributed by atoms with Crippen LogP contribution in [0.2, 0.25) is 0 Å². The van der Waals surface area contributed by atoms with Crippen LogP contribution in [0.5, 0.6) is 0 Å². The monoisotopic (exact) mass is 190 g/mol. The van der Waals surface area contributed by atoms with Crippen LogP contribution < -0.4 is 0 Å². The van der Waals surface area contributed by atoms with E-state index in [2.05, 4.69) is 6.92 Å². The van der Waals surface area contributed by atoms with E-state index in [1.807, 2.05) is 0 Å². The van der Waals surface area contributed by atoms with Gasteiger partial charge in [-0.25, -0.2) is 0 Å². The van der Waals surface area contributed by atoms with Gasteiger partial charge in [-0.3, -0.25) is 0 Å². The maximum absolute atomic E-state index is 8.65. The Morgan fingerprint density at radius 3 is 2.33 bits per heavy atom. The molecule has 0 rings (SSSR count). The van der Waals surface area contributed by atoms with Gasteiger partial charge in [-0.05, 0) is 0 Å². The topological polar surface area (TPSA) is 20.2 Å². The van der Waals surface area contributed by atoms with E-state index >= 15 is 0 Å². The van der Waals surface area contributed by atoms with Crippen molar-refractivity contribution in [1.29, 1.82) is 0 Å². The number of rotatable bonds is 2. The Balaban J connectivity index is 2.63. The van der Waals surface area contributed by atoms with E-state index in [1.165, 1.54) is 0 Å². The maximum atomic E-state index is 8.65. The summed E-state index contributed by atoms with van der Waals surface area (Å²) >= 11 is 0.486. The van der Waals surface area contributed by atoms with E-state index in [0.29, 0.717) is 24.4 Å². The fourth-order valence-corrected chi connectivity index (χ4v) is 2.07. The Bertz CT molecular complexity index is 28.7. The zero-order valence-corrected chi connectivity index (χ0v) is 10.1. The summed E-state index contributed by atoms with van der Waals surface area (Å²) in [6.45, 7) is 2.10. The number of aliphatic hydroxyl groups is 1. The van der Waals surface area contributed by atoms with Gasteiger partial charge in [-0.2, -0.15) is 0 Å². The van der Waals surface area contributed by atoms with Crippen molar-refractivity contribution in [3.63, 3.8) is 0 Å². The van der Waals surface area contributed by atoms with Gasteiger partial charge in [-0.15, -0.1) is 0 Å². The van der Waals surface area contributed by atoms with Crippen LogP contribution >= 0.6 is 0 Å². The Morgan fingerprint density at radius 2 is 2.33 bits per heavy atom. The van der Waals surface area contributed by atoms with Crippen molar-refractivity contribution in [2.24, 2.45) is 0 Å². The van der Waals surface area contributed by atoms with Crippen LogP contribution in [0.25, 0.3) is 0 Å². The Kier molecular flexibility index (Phi) is 4.56. The summed E-state index contributed by atoms with van der Waals surface area (Å²) in [4.78, 5) is 0. The molecule has 0 aromatic heterocycles. The molecule has 0 amide bonds. The van der Waals surface area contributed by atoms with Crippen molar-refractivity contribution < 1.29 is 5.11 Å². The molecule has 36 valence electrons. The van der Waals surface area contributed by atoms with E-state index in [0.717, 1.165) is 12.8 Å². The first-order chi connectivity index (χ1) is 2.77. The van der Waals surface area contributed by atoms with Gasteiger partial charge in [0.15, 0.2) is 0 Å². The van der Waals surface area contributed by atoms with E-state index in [-0.39, 0.29) is 3.86 Å². The predicted molar refractivity (Wildman–Crippen MR) is 29.5 cm³/mol. The van der Waals surface area contributed by atoms with Gasteiger partial charge in [0.1, 0.15) is 0 Å². The molecule has 0 saturated carbocycles. The average Bonchev–Trinajstić information content (AvgIpc) is 1.35. The number of aliphatic hydroxyl groups excluding tert-OH is 1. The summed E-state index contributed by atoms with van der Waals surface area (Å²) in [7, 11) is 0. The van der Waals surface area contributed by atoms with Crippen LogP contribution in [0.1, 0.15) is 19.8 Å². The molecule has 1 N–H and O–H groups in total. The second kappa shape index (κ2) is 4.00. The SMILES string of the molecule is CCC[CH](O)[InH2]. The molecule has 0 radical (unpaired) electrons. The first-order valence-electron chi connectivity index (χ1n) is 2.45. The second-order valence-electron chi connectivity index (χ2n) is 1.64. The van der Waals surface area contributed by atoms with Crippen molar-refractivity contribution in [1.82, 2.24) is 0 Å². The van der Waals surface area contributed by atoms with Crippen LogP contribution in [0.4, 0.5) is 0 Å². The Labute approximate surface area is 53.3 Å². The van der Waals surface area contributed by atoms with Gasteiger partial charge in [0, 0.05) is 0 Å². The fourth-order valence-electron chi connectivity index (χ4n) is 0.418. The molecular weight excluding hydrogens is 179 g/mol. The van der Waals surface area contributed by atoms with Crippen LogP contribution in [0.15, 0.2) is 0 Å². The minimum atomic E-state index is 0.108. The molecule has 0 aliphatic rings. The van der Waals surface area contributed by atoms with Crippen LogP contribution in [-0.2, 0) is 0 Å². The number of hydrogen-bond donors (Lipinski definition) is 1. The van der Waals surface area contributed by atoms with Crippen molar-refractivity contribution in [2.75, 3.05) is 0 Å². The molecule has 0 heterocycles. The normalized spacial score (nSPS) is 14.3. The Hall–Kier alpha value is 0.830. The first kappa shape index (κ1) is 6.83. The number of hydrogen-bond acceptors (Lipinski definition) is 1. The molecule has 6 heavy (non-hydrogen) atoms. The van der Waals surface area contributed by atoms with Gasteiger partial charge in [0.2, 0.25) is 0 Å². The molecule has 2 heteroatoms. The fraction of sp³-hybridized carbons (Fsp3) is 1.00.